The zero-order chi connectivity index (χ0) is 22.8. The number of anilines is 2. The van der Waals surface area contributed by atoms with Crippen LogP contribution in [0.15, 0.2) is 72.4 Å². The highest BCUT2D eigenvalue weighted by molar-refractivity contribution is 6.46. The van der Waals surface area contributed by atoms with E-state index in [-0.39, 0.29) is 11.3 Å². The minimum absolute atomic E-state index is 0.134. The second kappa shape index (κ2) is 8.67. The lowest BCUT2D eigenvalue weighted by atomic mass is 10.0. The fraction of sp³-hybridized carbons (Fsp3) is 0.154. The fourth-order valence-electron chi connectivity index (χ4n) is 3.69. The quantitative estimate of drug-likeness (QED) is 0.553. The molecule has 0 aromatic heterocycles. The number of ether oxygens (including phenoxy) is 1. The molecular formula is C26H23FN2O3. The Labute approximate surface area is 186 Å². The molecule has 0 bridgehead atoms. The highest BCUT2D eigenvalue weighted by atomic mass is 19.1. The highest BCUT2D eigenvalue weighted by Crippen LogP contribution is 2.38. The number of amides is 2. The smallest absolute Gasteiger partial charge is 0.282 e. The highest BCUT2D eigenvalue weighted by Gasteiger charge is 2.41. The maximum atomic E-state index is 13.5. The van der Waals surface area contributed by atoms with Gasteiger partial charge in [0.15, 0.2) is 0 Å². The minimum atomic E-state index is -0.502. The van der Waals surface area contributed by atoms with Crippen LogP contribution in [0.5, 0.6) is 5.75 Å². The Morgan fingerprint density at radius 2 is 1.62 bits per heavy atom. The molecular weight excluding hydrogens is 407 g/mol. The SMILES string of the molecule is CCc1ccc(NC2=C(c3ccc(F)cc3)C(=O)N(c3cc(C)ccc3OC)C2=O)cc1. The molecule has 3 aromatic carbocycles. The monoisotopic (exact) mass is 430 g/mol. The second-order valence-electron chi connectivity index (χ2n) is 7.55. The summed E-state index contributed by atoms with van der Waals surface area (Å²) in [6, 6.07) is 18.5. The van der Waals surface area contributed by atoms with Gasteiger partial charge in [0.25, 0.3) is 11.8 Å². The maximum absolute atomic E-state index is 13.5. The lowest BCUT2D eigenvalue weighted by molar-refractivity contribution is -0.120. The molecule has 0 radical (unpaired) electrons. The van der Waals surface area contributed by atoms with Crippen molar-refractivity contribution in [3.05, 3.63) is 94.9 Å². The average Bonchev–Trinajstić information content (AvgIpc) is 3.04. The number of carbonyl (C=O) groups excluding carboxylic acids is 2. The van der Waals surface area contributed by atoms with Gasteiger partial charge in [-0.15, -0.1) is 0 Å². The summed E-state index contributed by atoms with van der Waals surface area (Å²) in [7, 11) is 1.49. The van der Waals surface area contributed by atoms with Gasteiger partial charge in [-0.2, -0.15) is 0 Å². The number of hydrogen-bond acceptors (Lipinski definition) is 4. The third-order valence-electron chi connectivity index (χ3n) is 5.42. The van der Waals surface area contributed by atoms with Crippen LogP contribution >= 0.6 is 0 Å². The lowest BCUT2D eigenvalue weighted by Crippen LogP contribution is -2.32. The fourth-order valence-corrected chi connectivity index (χ4v) is 3.69. The topological polar surface area (TPSA) is 58.6 Å². The molecule has 1 N–H and O–H groups in total. The standard InChI is InChI=1S/C26H23FN2O3/c1-4-17-6-12-20(13-7-17)28-24-23(18-8-10-19(27)11-9-18)25(30)29(26(24)31)21-15-16(2)5-14-22(21)32-3/h5-15,28H,4H2,1-3H3. The first-order valence-electron chi connectivity index (χ1n) is 10.3. The first-order chi connectivity index (χ1) is 15.4. The van der Waals surface area contributed by atoms with Crippen LogP contribution in [0.4, 0.5) is 15.8 Å². The number of hydrogen-bond donors (Lipinski definition) is 1. The van der Waals surface area contributed by atoms with E-state index in [4.69, 9.17) is 4.74 Å². The number of carbonyl (C=O) groups is 2. The molecule has 1 aliphatic rings. The Morgan fingerprint density at radius 1 is 0.938 bits per heavy atom. The number of nitrogens with one attached hydrogen (secondary N) is 1. The predicted octanol–water partition coefficient (Wildman–Crippen LogP) is 5.10. The molecule has 2 amide bonds. The largest absolute Gasteiger partial charge is 0.495 e. The van der Waals surface area contributed by atoms with E-state index < -0.39 is 17.6 Å². The van der Waals surface area contributed by atoms with Gasteiger partial charge in [0.1, 0.15) is 17.3 Å². The second-order valence-corrected chi connectivity index (χ2v) is 7.55. The molecule has 3 aromatic rings. The molecule has 162 valence electrons. The Hall–Kier alpha value is -3.93. The average molecular weight is 430 g/mol. The first-order valence-corrected chi connectivity index (χ1v) is 10.3. The Morgan fingerprint density at radius 3 is 2.25 bits per heavy atom. The van der Waals surface area contributed by atoms with Crippen molar-refractivity contribution in [3.8, 4) is 5.75 Å². The zero-order valence-corrected chi connectivity index (χ0v) is 18.1. The maximum Gasteiger partial charge on any atom is 0.282 e. The Balaban J connectivity index is 1.83. The molecule has 1 heterocycles. The van der Waals surface area contributed by atoms with E-state index in [9.17, 15) is 14.0 Å². The zero-order valence-electron chi connectivity index (χ0n) is 18.1. The van der Waals surface area contributed by atoms with E-state index in [1.807, 2.05) is 37.3 Å². The van der Waals surface area contributed by atoms with Crippen LogP contribution in [0, 0.1) is 12.7 Å². The van der Waals surface area contributed by atoms with Crippen molar-refractivity contribution < 1.29 is 18.7 Å². The summed E-state index contributed by atoms with van der Waals surface area (Å²) in [6.07, 6.45) is 0.891. The summed E-state index contributed by atoms with van der Waals surface area (Å²) >= 11 is 0. The third-order valence-corrected chi connectivity index (χ3v) is 5.42. The van der Waals surface area contributed by atoms with Crippen LogP contribution in [0.25, 0.3) is 5.57 Å². The molecule has 0 fully saturated rings. The van der Waals surface area contributed by atoms with Crippen LogP contribution in [0.1, 0.15) is 23.6 Å². The van der Waals surface area contributed by atoms with Crippen molar-refractivity contribution in [2.45, 2.75) is 20.3 Å². The van der Waals surface area contributed by atoms with Gasteiger partial charge in [-0.1, -0.05) is 37.3 Å². The summed E-state index contributed by atoms with van der Waals surface area (Å²) in [5.74, 6) is -1.02. The molecule has 0 unspecified atom stereocenters. The molecule has 0 saturated heterocycles. The van der Waals surface area contributed by atoms with Gasteiger partial charge in [-0.3, -0.25) is 9.59 Å². The Kier molecular flexibility index (Phi) is 5.77. The van der Waals surface area contributed by atoms with Crippen LogP contribution in [0.3, 0.4) is 0 Å². The van der Waals surface area contributed by atoms with E-state index in [1.165, 1.54) is 31.4 Å². The molecule has 1 aliphatic heterocycles. The van der Waals surface area contributed by atoms with Gasteiger partial charge in [0, 0.05) is 5.69 Å². The van der Waals surface area contributed by atoms with Gasteiger partial charge >= 0.3 is 0 Å². The van der Waals surface area contributed by atoms with E-state index in [0.717, 1.165) is 22.4 Å². The molecule has 0 spiro atoms. The van der Waals surface area contributed by atoms with Gasteiger partial charge in [0.2, 0.25) is 0 Å². The number of aryl methyl sites for hydroxylation is 2. The molecule has 0 atom stereocenters. The number of imide groups is 1. The number of halogens is 1. The van der Waals surface area contributed by atoms with E-state index >= 15 is 0 Å². The molecule has 4 rings (SSSR count). The first kappa shape index (κ1) is 21.3. The molecule has 0 saturated carbocycles. The van der Waals surface area contributed by atoms with Crippen molar-refractivity contribution in [2.24, 2.45) is 0 Å². The normalized spacial score (nSPS) is 13.7. The van der Waals surface area contributed by atoms with Crippen LogP contribution in [-0.4, -0.2) is 18.9 Å². The van der Waals surface area contributed by atoms with Crippen LogP contribution in [0.2, 0.25) is 0 Å². The van der Waals surface area contributed by atoms with Gasteiger partial charge in [-0.25, -0.2) is 9.29 Å². The minimum Gasteiger partial charge on any atom is -0.495 e. The summed E-state index contributed by atoms with van der Waals surface area (Å²) < 4.78 is 18.9. The predicted molar refractivity (Wildman–Crippen MR) is 123 cm³/mol. The molecule has 0 aliphatic carbocycles. The number of methoxy groups -OCH3 is 1. The molecule has 5 nitrogen and oxygen atoms in total. The van der Waals surface area contributed by atoms with Crippen LogP contribution in [-0.2, 0) is 16.0 Å². The lowest BCUT2D eigenvalue weighted by Gasteiger charge is -2.19. The summed E-state index contributed by atoms with van der Waals surface area (Å²) in [4.78, 5) is 28.2. The summed E-state index contributed by atoms with van der Waals surface area (Å²) in [6.45, 7) is 3.93. The third kappa shape index (κ3) is 3.87. The van der Waals surface area contributed by atoms with Crippen LogP contribution < -0.4 is 15.0 Å². The van der Waals surface area contributed by atoms with Crippen molar-refractivity contribution in [3.63, 3.8) is 0 Å². The van der Waals surface area contributed by atoms with Gasteiger partial charge in [0.05, 0.1) is 18.4 Å². The van der Waals surface area contributed by atoms with E-state index in [2.05, 4.69) is 12.2 Å². The summed E-state index contributed by atoms with van der Waals surface area (Å²) in [5, 5.41) is 3.12. The van der Waals surface area contributed by atoms with Crippen molar-refractivity contribution in [1.29, 1.82) is 0 Å². The van der Waals surface area contributed by atoms with Crippen molar-refractivity contribution >= 4 is 28.8 Å². The number of rotatable bonds is 6. The van der Waals surface area contributed by atoms with Crippen molar-refractivity contribution in [2.75, 3.05) is 17.3 Å². The number of benzene rings is 3. The summed E-state index contributed by atoms with van der Waals surface area (Å²) in [5.41, 5.74) is 3.83. The number of nitrogens with zero attached hydrogens (tertiary/aromatic N) is 1. The van der Waals surface area contributed by atoms with Gasteiger partial charge < -0.3 is 10.1 Å². The molecule has 6 heteroatoms. The Bertz CT molecular complexity index is 1210. The van der Waals surface area contributed by atoms with Crippen molar-refractivity contribution in [1.82, 2.24) is 0 Å². The van der Waals surface area contributed by atoms with E-state index in [0.29, 0.717) is 22.7 Å². The van der Waals surface area contributed by atoms with E-state index in [1.54, 1.807) is 12.1 Å². The molecule has 32 heavy (non-hydrogen) atoms. The van der Waals surface area contributed by atoms with Gasteiger partial charge in [-0.05, 0) is 66.4 Å².